The Labute approximate surface area is 66.5 Å². The zero-order chi connectivity index (χ0) is 8.27. The highest BCUT2D eigenvalue weighted by molar-refractivity contribution is 5.75. The summed E-state index contributed by atoms with van der Waals surface area (Å²) in [7, 11) is 0. The number of nitrogens with one attached hydrogen (secondary N) is 1. The molecule has 1 unspecified atom stereocenters. The fraction of sp³-hybridized carbons (Fsp3) is 0.857. The number of nitrogens with two attached hydrogens (primary N) is 1. The lowest BCUT2D eigenvalue weighted by atomic mass is 10.0. The maximum atomic E-state index is 8.92. The van der Waals surface area contributed by atoms with Gasteiger partial charge in [-0.05, 0) is 19.3 Å². The summed E-state index contributed by atoms with van der Waals surface area (Å²) in [5.74, 6) is 0.0868. The van der Waals surface area contributed by atoms with Crippen LogP contribution < -0.4 is 5.73 Å². The first kappa shape index (κ1) is 8.33. The van der Waals surface area contributed by atoms with Gasteiger partial charge in [0.15, 0.2) is 5.96 Å². The molecule has 1 atom stereocenters. The molecule has 0 aromatic heterocycles. The molecule has 1 aliphatic rings. The van der Waals surface area contributed by atoms with Crippen molar-refractivity contribution in [2.24, 2.45) is 5.73 Å². The zero-order valence-electron chi connectivity index (χ0n) is 6.58. The molecule has 1 fully saturated rings. The topological polar surface area (TPSA) is 73.3 Å². The third-order valence-electron chi connectivity index (χ3n) is 2.15. The molecule has 1 rings (SSSR count). The average Bonchev–Trinajstić information content (AvgIpc) is 2.04. The fourth-order valence-electron chi connectivity index (χ4n) is 1.51. The minimum Gasteiger partial charge on any atom is -0.394 e. The molecule has 1 saturated heterocycles. The molecule has 0 aromatic carbocycles. The molecule has 1 heterocycles. The molecule has 4 N–H and O–H groups in total. The Morgan fingerprint density at radius 1 is 1.64 bits per heavy atom. The van der Waals surface area contributed by atoms with Crippen LogP contribution in [0.2, 0.25) is 0 Å². The molecular formula is C7H15N3O. The van der Waals surface area contributed by atoms with Gasteiger partial charge in [0.25, 0.3) is 0 Å². The summed E-state index contributed by atoms with van der Waals surface area (Å²) < 4.78 is 0. The third-order valence-corrected chi connectivity index (χ3v) is 2.15. The number of rotatable bonds is 1. The summed E-state index contributed by atoms with van der Waals surface area (Å²) in [6.45, 7) is 0.931. The molecule has 4 nitrogen and oxygen atoms in total. The molecular weight excluding hydrogens is 142 g/mol. The second-order valence-electron chi connectivity index (χ2n) is 2.91. The number of aliphatic hydroxyl groups excluding tert-OH is 1. The number of piperidine rings is 1. The van der Waals surface area contributed by atoms with Crippen molar-refractivity contribution in [3.63, 3.8) is 0 Å². The summed E-state index contributed by atoms with van der Waals surface area (Å²) in [5, 5.41) is 16.1. The van der Waals surface area contributed by atoms with Crippen molar-refractivity contribution in [1.29, 1.82) is 5.41 Å². The summed E-state index contributed by atoms with van der Waals surface area (Å²) in [6.07, 6.45) is 3.17. The van der Waals surface area contributed by atoms with Gasteiger partial charge in [-0.1, -0.05) is 0 Å². The quantitative estimate of drug-likeness (QED) is 0.362. The van der Waals surface area contributed by atoms with E-state index in [0.29, 0.717) is 0 Å². The maximum Gasteiger partial charge on any atom is 0.188 e. The van der Waals surface area contributed by atoms with Gasteiger partial charge in [0.2, 0.25) is 0 Å². The van der Waals surface area contributed by atoms with Crippen molar-refractivity contribution in [2.45, 2.75) is 25.3 Å². The van der Waals surface area contributed by atoms with Gasteiger partial charge in [0, 0.05) is 6.54 Å². The van der Waals surface area contributed by atoms with E-state index in [1.165, 1.54) is 0 Å². The number of hydrogen-bond acceptors (Lipinski definition) is 2. The number of hydrogen-bond donors (Lipinski definition) is 3. The van der Waals surface area contributed by atoms with Crippen LogP contribution in [0, 0.1) is 5.41 Å². The van der Waals surface area contributed by atoms with Crippen LogP contribution in [0.3, 0.4) is 0 Å². The van der Waals surface area contributed by atoms with E-state index in [1.54, 1.807) is 4.90 Å². The monoisotopic (exact) mass is 157 g/mol. The summed E-state index contributed by atoms with van der Waals surface area (Å²) >= 11 is 0. The highest BCUT2D eigenvalue weighted by atomic mass is 16.3. The highest BCUT2D eigenvalue weighted by Crippen LogP contribution is 2.15. The number of aliphatic hydroxyl groups is 1. The van der Waals surface area contributed by atoms with Crippen LogP contribution in [0.15, 0.2) is 0 Å². The molecule has 0 saturated carbocycles. The van der Waals surface area contributed by atoms with Crippen LogP contribution in [0.1, 0.15) is 19.3 Å². The Hall–Kier alpha value is -0.770. The van der Waals surface area contributed by atoms with Crippen molar-refractivity contribution in [3.05, 3.63) is 0 Å². The second kappa shape index (κ2) is 3.57. The van der Waals surface area contributed by atoms with Crippen molar-refractivity contribution in [3.8, 4) is 0 Å². The van der Waals surface area contributed by atoms with Crippen molar-refractivity contribution >= 4 is 5.96 Å². The first-order chi connectivity index (χ1) is 5.25. The van der Waals surface area contributed by atoms with E-state index >= 15 is 0 Å². The van der Waals surface area contributed by atoms with Gasteiger partial charge < -0.3 is 15.7 Å². The van der Waals surface area contributed by atoms with Crippen LogP contribution >= 0.6 is 0 Å². The van der Waals surface area contributed by atoms with Gasteiger partial charge in [0.05, 0.1) is 12.6 Å². The first-order valence-electron chi connectivity index (χ1n) is 3.97. The van der Waals surface area contributed by atoms with E-state index in [2.05, 4.69) is 0 Å². The summed E-state index contributed by atoms with van der Waals surface area (Å²) in [4.78, 5) is 1.77. The Bertz CT molecular complexity index is 149. The summed E-state index contributed by atoms with van der Waals surface area (Å²) in [6, 6.07) is 0.0845. The SMILES string of the molecule is N=C(N)N1CCCCC1CO. The second-order valence-corrected chi connectivity index (χ2v) is 2.91. The predicted molar refractivity (Wildman–Crippen MR) is 43.3 cm³/mol. The Balaban J connectivity index is 2.51. The standard InChI is InChI=1S/C7H15N3O/c8-7(9)10-4-2-1-3-6(10)5-11/h6,11H,1-5H2,(H3,8,9). The smallest absolute Gasteiger partial charge is 0.188 e. The Kier molecular flexibility index (Phi) is 2.70. The fourth-order valence-corrected chi connectivity index (χ4v) is 1.51. The predicted octanol–water partition coefficient (Wildman–Crippen LogP) is -0.273. The molecule has 0 aliphatic carbocycles. The van der Waals surface area contributed by atoms with E-state index in [9.17, 15) is 0 Å². The molecule has 0 amide bonds. The molecule has 0 radical (unpaired) electrons. The van der Waals surface area contributed by atoms with E-state index in [1.807, 2.05) is 0 Å². The van der Waals surface area contributed by atoms with E-state index in [-0.39, 0.29) is 18.6 Å². The average molecular weight is 157 g/mol. The molecule has 11 heavy (non-hydrogen) atoms. The largest absolute Gasteiger partial charge is 0.394 e. The van der Waals surface area contributed by atoms with E-state index in [4.69, 9.17) is 16.2 Å². The van der Waals surface area contributed by atoms with Crippen molar-refractivity contribution in [1.82, 2.24) is 4.90 Å². The van der Waals surface area contributed by atoms with E-state index in [0.717, 1.165) is 25.8 Å². The van der Waals surface area contributed by atoms with Gasteiger partial charge in [-0.3, -0.25) is 5.41 Å². The highest BCUT2D eigenvalue weighted by Gasteiger charge is 2.21. The maximum absolute atomic E-state index is 8.92. The van der Waals surface area contributed by atoms with Crippen molar-refractivity contribution < 1.29 is 5.11 Å². The molecule has 0 spiro atoms. The normalized spacial score (nSPS) is 25.2. The molecule has 1 aliphatic heterocycles. The number of likely N-dealkylation sites (tertiary alicyclic amines) is 1. The zero-order valence-corrected chi connectivity index (χ0v) is 6.58. The van der Waals surface area contributed by atoms with Gasteiger partial charge in [0.1, 0.15) is 0 Å². The number of nitrogens with zero attached hydrogens (tertiary/aromatic N) is 1. The van der Waals surface area contributed by atoms with E-state index < -0.39 is 0 Å². The van der Waals surface area contributed by atoms with Crippen LogP contribution in [0.25, 0.3) is 0 Å². The van der Waals surface area contributed by atoms with Crippen LogP contribution in [-0.4, -0.2) is 35.2 Å². The minimum atomic E-state index is 0.0845. The first-order valence-corrected chi connectivity index (χ1v) is 3.97. The lowest BCUT2D eigenvalue weighted by molar-refractivity contribution is 0.145. The molecule has 4 heteroatoms. The van der Waals surface area contributed by atoms with Crippen LogP contribution in [0.4, 0.5) is 0 Å². The summed E-state index contributed by atoms with van der Waals surface area (Å²) in [5.41, 5.74) is 5.33. The Morgan fingerprint density at radius 3 is 2.82 bits per heavy atom. The number of guanidine groups is 1. The lowest BCUT2D eigenvalue weighted by Gasteiger charge is -2.34. The molecule has 0 bridgehead atoms. The van der Waals surface area contributed by atoms with Crippen LogP contribution in [-0.2, 0) is 0 Å². The lowest BCUT2D eigenvalue weighted by Crippen LogP contribution is -2.48. The third kappa shape index (κ3) is 1.83. The Morgan fingerprint density at radius 2 is 2.36 bits per heavy atom. The molecule has 64 valence electrons. The van der Waals surface area contributed by atoms with Gasteiger partial charge in [-0.15, -0.1) is 0 Å². The molecule has 0 aromatic rings. The van der Waals surface area contributed by atoms with Crippen LogP contribution in [0.5, 0.6) is 0 Å². The van der Waals surface area contributed by atoms with Gasteiger partial charge in [-0.25, -0.2) is 0 Å². The van der Waals surface area contributed by atoms with Crippen molar-refractivity contribution in [2.75, 3.05) is 13.2 Å². The minimum absolute atomic E-state index is 0.0845. The van der Waals surface area contributed by atoms with Gasteiger partial charge >= 0.3 is 0 Å². The van der Waals surface area contributed by atoms with Gasteiger partial charge in [-0.2, -0.15) is 0 Å².